The molecular formula is C23H27Cl4N3O4S. The molecule has 0 spiro atoms. The van der Waals surface area contributed by atoms with Crippen molar-refractivity contribution in [1.29, 1.82) is 0 Å². The van der Waals surface area contributed by atoms with E-state index in [1.54, 1.807) is 45.9 Å². The van der Waals surface area contributed by atoms with E-state index in [2.05, 4.69) is 5.32 Å². The molecule has 0 fully saturated rings. The van der Waals surface area contributed by atoms with Gasteiger partial charge in [-0.2, -0.15) is 0 Å². The maximum atomic E-state index is 13.6. The third kappa shape index (κ3) is 8.15. The second-order valence-electron chi connectivity index (χ2n) is 9.00. The fraction of sp³-hybridized carbons (Fsp3) is 0.391. The number of carbonyl (C=O) groups excluding carboxylic acids is 2. The van der Waals surface area contributed by atoms with Gasteiger partial charge in [0.05, 0.1) is 17.0 Å². The van der Waals surface area contributed by atoms with E-state index >= 15 is 0 Å². The molecule has 0 saturated carbocycles. The van der Waals surface area contributed by atoms with Crippen LogP contribution in [0.5, 0.6) is 0 Å². The maximum absolute atomic E-state index is 13.6. The predicted octanol–water partition coefficient (Wildman–Crippen LogP) is 5.40. The number of hydrogen-bond donors (Lipinski definition) is 1. The number of halogens is 4. The molecule has 0 radical (unpaired) electrons. The van der Waals surface area contributed by atoms with Gasteiger partial charge in [0.25, 0.3) is 0 Å². The number of benzene rings is 2. The molecule has 12 heteroatoms. The molecule has 0 aliphatic rings. The van der Waals surface area contributed by atoms with Crippen LogP contribution >= 0.6 is 46.4 Å². The molecule has 0 aliphatic heterocycles. The number of sulfonamides is 1. The molecule has 192 valence electrons. The highest BCUT2D eigenvalue weighted by Crippen LogP contribution is 2.31. The van der Waals surface area contributed by atoms with Gasteiger partial charge < -0.3 is 10.2 Å². The first kappa shape index (κ1) is 29.5. The van der Waals surface area contributed by atoms with Gasteiger partial charge in [0.1, 0.15) is 12.6 Å². The molecular weight excluding hydrogens is 556 g/mol. The van der Waals surface area contributed by atoms with Crippen molar-refractivity contribution in [3.05, 3.63) is 62.1 Å². The molecule has 7 nitrogen and oxygen atoms in total. The molecule has 35 heavy (non-hydrogen) atoms. The number of amides is 2. The summed E-state index contributed by atoms with van der Waals surface area (Å²) in [5.74, 6) is -1.10. The molecule has 0 heterocycles. The second-order valence-corrected chi connectivity index (χ2v) is 12.6. The van der Waals surface area contributed by atoms with Crippen molar-refractivity contribution in [2.45, 2.75) is 45.8 Å². The van der Waals surface area contributed by atoms with Crippen LogP contribution in [0.25, 0.3) is 0 Å². The fourth-order valence-corrected chi connectivity index (χ4v) is 4.99. The summed E-state index contributed by atoms with van der Waals surface area (Å²) >= 11 is 24.9. The molecule has 0 aromatic heterocycles. The average Bonchev–Trinajstić information content (AvgIpc) is 2.71. The zero-order chi connectivity index (χ0) is 26.7. The Bertz CT molecular complexity index is 1200. The first-order valence-corrected chi connectivity index (χ1v) is 13.8. The smallest absolute Gasteiger partial charge is 0.244 e. The zero-order valence-corrected chi connectivity index (χ0v) is 23.7. The lowest BCUT2D eigenvalue weighted by molar-refractivity contribution is -0.140. The summed E-state index contributed by atoms with van der Waals surface area (Å²) in [5.41, 5.74) is -0.0984. The van der Waals surface area contributed by atoms with Crippen LogP contribution in [0.4, 0.5) is 5.69 Å². The summed E-state index contributed by atoms with van der Waals surface area (Å²) in [4.78, 5) is 27.8. The Morgan fingerprint density at radius 3 is 2.09 bits per heavy atom. The lowest BCUT2D eigenvalue weighted by Gasteiger charge is -2.33. The summed E-state index contributed by atoms with van der Waals surface area (Å²) in [7, 11) is -3.96. The topological polar surface area (TPSA) is 86.8 Å². The van der Waals surface area contributed by atoms with Crippen LogP contribution in [0.1, 0.15) is 33.3 Å². The summed E-state index contributed by atoms with van der Waals surface area (Å²) in [6.45, 7) is 6.20. The third-order valence-electron chi connectivity index (χ3n) is 4.91. The van der Waals surface area contributed by atoms with Gasteiger partial charge in [-0.1, -0.05) is 52.5 Å². The van der Waals surface area contributed by atoms with Gasteiger partial charge in [0.2, 0.25) is 21.8 Å². The van der Waals surface area contributed by atoms with E-state index in [-0.39, 0.29) is 22.3 Å². The molecule has 2 amide bonds. The minimum atomic E-state index is -3.96. The van der Waals surface area contributed by atoms with Gasteiger partial charge in [-0.3, -0.25) is 13.9 Å². The number of nitrogens with zero attached hydrogens (tertiary/aromatic N) is 2. The summed E-state index contributed by atoms with van der Waals surface area (Å²) < 4.78 is 26.1. The standard InChI is InChI=1S/C23H27Cl4N3O4S/c1-14(22(32)28-23(2,3)4)29(12-16-17(25)7-6-8-18(16)26)21(31)13-30(35(5,33)34)20-11-15(24)9-10-19(20)27/h6-11,14H,12-13H2,1-5H3,(H,28,32)/t14-/m1/s1. The highest BCUT2D eigenvalue weighted by Gasteiger charge is 2.32. The minimum Gasteiger partial charge on any atom is -0.350 e. The zero-order valence-electron chi connectivity index (χ0n) is 19.9. The molecule has 0 unspecified atom stereocenters. The Kier molecular flexibility index (Phi) is 9.75. The van der Waals surface area contributed by atoms with Crippen LogP contribution in [0, 0.1) is 0 Å². The average molecular weight is 583 g/mol. The molecule has 2 aromatic rings. The van der Waals surface area contributed by atoms with Gasteiger partial charge in [-0.15, -0.1) is 0 Å². The van der Waals surface area contributed by atoms with E-state index < -0.39 is 40.0 Å². The van der Waals surface area contributed by atoms with Crippen molar-refractivity contribution in [3.63, 3.8) is 0 Å². The molecule has 2 rings (SSSR count). The van der Waals surface area contributed by atoms with Gasteiger partial charge in [-0.25, -0.2) is 8.42 Å². The van der Waals surface area contributed by atoms with E-state index in [0.717, 1.165) is 10.6 Å². The normalized spacial score (nSPS) is 12.7. The first-order chi connectivity index (χ1) is 16.0. The molecule has 1 atom stereocenters. The van der Waals surface area contributed by atoms with E-state index in [0.29, 0.717) is 15.6 Å². The fourth-order valence-electron chi connectivity index (χ4n) is 3.18. The molecule has 2 aromatic carbocycles. The number of rotatable bonds is 8. The molecule has 0 saturated heterocycles. The number of anilines is 1. The van der Waals surface area contributed by atoms with Gasteiger partial charge in [0.15, 0.2) is 0 Å². The van der Waals surface area contributed by atoms with E-state index in [1.165, 1.54) is 23.1 Å². The van der Waals surface area contributed by atoms with Crippen molar-refractivity contribution in [2.24, 2.45) is 0 Å². The Balaban J connectivity index is 2.51. The quantitative estimate of drug-likeness (QED) is 0.451. The molecule has 0 bridgehead atoms. The van der Waals surface area contributed by atoms with Crippen molar-refractivity contribution in [3.8, 4) is 0 Å². The largest absolute Gasteiger partial charge is 0.350 e. The van der Waals surface area contributed by atoms with E-state index in [9.17, 15) is 18.0 Å². The highest BCUT2D eigenvalue weighted by molar-refractivity contribution is 7.92. The monoisotopic (exact) mass is 581 g/mol. The van der Waals surface area contributed by atoms with Crippen LogP contribution in [0.2, 0.25) is 20.1 Å². The van der Waals surface area contributed by atoms with Crippen LogP contribution in [-0.2, 0) is 26.2 Å². The molecule has 1 N–H and O–H groups in total. The maximum Gasteiger partial charge on any atom is 0.244 e. The SMILES string of the molecule is C[C@H](C(=O)NC(C)(C)C)N(Cc1c(Cl)cccc1Cl)C(=O)CN(c1cc(Cl)ccc1Cl)S(C)(=O)=O. The van der Waals surface area contributed by atoms with Crippen LogP contribution in [0.3, 0.4) is 0 Å². The van der Waals surface area contributed by atoms with Crippen LogP contribution in [-0.4, -0.2) is 49.5 Å². The number of nitrogens with one attached hydrogen (secondary N) is 1. The van der Waals surface area contributed by atoms with Gasteiger partial charge in [-0.05, 0) is 58.0 Å². The Morgan fingerprint density at radius 2 is 1.57 bits per heavy atom. The van der Waals surface area contributed by atoms with E-state index in [1.807, 2.05) is 0 Å². The van der Waals surface area contributed by atoms with Crippen molar-refractivity contribution in [2.75, 3.05) is 17.1 Å². The lowest BCUT2D eigenvalue weighted by Crippen LogP contribution is -2.54. The Morgan fingerprint density at radius 1 is 1.00 bits per heavy atom. The highest BCUT2D eigenvalue weighted by atomic mass is 35.5. The van der Waals surface area contributed by atoms with Crippen molar-refractivity contribution >= 4 is 73.9 Å². The summed E-state index contributed by atoms with van der Waals surface area (Å²) in [6, 6.07) is 8.18. The summed E-state index contributed by atoms with van der Waals surface area (Å²) in [5, 5.41) is 3.77. The first-order valence-electron chi connectivity index (χ1n) is 10.5. The lowest BCUT2D eigenvalue weighted by atomic mass is 10.1. The molecule has 0 aliphatic carbocycles. The van der Waals surface area contributed by atoms with Gasteiger partial charge >= 0.3 is 0 Å². The third-order valence-corrected chi connectivity index (χ3v) is 7.30. The Hall–Kier alpha value is -1.71. The summed E-state index contributed by atoms with van der Waals surface area (Å²) in [6.07, 6.45) is 0.947. The van der Waals surface area contributed by atoms with Crippen LogP contribution < -0.4 is 9.62 Å². The minimum absolute atomic E-state index is 0.0394. The predicted molar refractivity (Wildman–Crippen MR) is 143 cm³/mol. The number of carbonyl (C=O) groups is 2. The Labute approximate surface area is 226 Å². The van der Waals surface area contributed by atoms with Crippen molar-refractivity contribution in [1.82, 2.24) is 10.2 Å². The van der Waals surface area contributed by atoms with E-state index in [4.69, 9.17) is 46.4 Å². The van der Waals surface area contributed by atoms with Crippen LogP contribution in [0.15, 0.2) is 36.4 Å². The van der Waals surface area contributed by atoms with Gasteiger partial charge in [0, 0.05) is 32.7 Å². The number of hydrogen-bond acceptors (Lipinski definition) is 4. The second kappa shape index (κ2) is 11.6. The van der Waals surface area contributed by atoms with Crippen molar-refractivity contribution < 1.29 is 18.0 Å².